The molecule has 0 bridgehead atoms. The largest absolute Gasteiger partial charge is 0.385 e. The summed E-state index contributed by atoms with van der Waals surface area (Å²) in [6.45, 7) is 0.442. The average Bonchev–Trinajstić information content (AvgIpc) is 2.72. The second-order valence-corrected chi connectivity index (χ2v) is 5.71. The van der Waals surface area contributed by atoms with Gasteiger partial charge in [0.15, 0.2) is 0 Å². The summed E-state index contributed by atoms with van der Waals surface area (Å²) in [4.78, 5) is 42.0. The van der Waals surface area contributed by atoms with E-state index >= 15 is 0 Å². The minimum atomic E-state index is -0.634. The van der Waals surface area contributed by atoms with E-state index < -0.39 is 23.2 Å². The van der Waals surface area contributed by atoms with Crippen LogP contribution < -0.4 is 0 Å². The van der Waals surface area contributed by atoms with Crippen LogP contribution >= 0.6 is 0 Å². The Hall–Kier alpha value is -2.21. The van der Waals surface area contributed by atoms with E-state index in [1.807, 2.05) is 0 Å². The summed E-state index contributed by atoms with van der Waals surface area (Å²) in [5, 5.41) is 0.583. The Balaban J connectivity index is 1.75. The lowest BCUT2D eigenvalue weighted by Gasteiger charge is -2.39. The molecule has 1 aromatic carbocycles. The Bertz CT molecular complexity index is 600. The first kappa shape index (κ1) is 14.7. The van der Waals surface area contributed by atoms with Gasteiger partial charge < -0.3 is 9.57 Å². The maximum absolute atomic E-state index is 12.4. The van der Waals surface area contributed by atoms with Crippen molar-refractivity contribution in [1.29, 1.82) is 0 Å². The third-order valence-electron chi connectivity index (χ3n) is 4.46. The van der Waals surface area contributed by atoms with E-state index in [9.17, 15) is 14.4 Å². The van der Waals surface area contributed by atoms with E-state index in [1.54, 1.807) is 31.4 Å². The van der Waals surface area contributed by atoms with Gasteiger partial charge in [0.25, 0.3) is 11.8 Å². The zero-order valence-corrected chi connectivity index (χ0v) is 12.3. The number of amides is 2. The summed E-state index contributed by atoms with van der Waals surface area (Å²) in [5.74, 6) is -1.70. The highest BCUT2D eigenvalue weighted by Crippen LogP contribution is 2.45. The predicted octanol–water partition coefficient (Wildman–Crippen LogP) is 1.95. The molecule has 0 N–H and O–H groups in total. The third-order valence-corrected chi connectivity index (χ3v) is 4.46. The predicted molar refractivity (Wildman–Crippen MR) is 75.8 cm³/mol. The number of methoxy groups -OCH3 is 1. The molecule has 0 spiro atoms. The molecule has 0 aromatic heterocycles. The van der Waals surface area contributed by atoms with Gasteiger partial charge in [-0.15, -0.1) is 0 Å². The average molecular weight is 303 g/mol. The van der Waals surface area contributed by atoms with Gasteiger partial charge in [0, 0.05) is 13.7 Å². The molecule has 6 heteroatoms. The Labute approximate surface area is 127 Å². The summed E-state index contributed by atoms with van der Waals surface area (Å²) < 4.78 is 5.03. The third kappa shape index (κ3) is 2.20. The molecule has 1 heterocycles. The van der Waals surface area contributed by atoms with Gasteiger partial charge in [-0.1, -0.05) is 23.6 Å². The van der Waals surface area contributed by atoms with Crippen molar-refractivity contribution >= 4 is 17.8 Å². The molecule has 2 amide bonds. The molecule has 3 rings (SSSR count). The fourth-order valence-electron chi connectivity index (χ4n) is 2.89. The first-order valence-electron chi connectivity index (χ1n) is 7.28. The molecule has 6 nitrogen and oxygen atoms in total. The van der Waals surface area contributed by atoms with Gasteiger partial charge in [-0.3, -0.25) is 9.59 Å². The number of benzene rings is 1. The highest BCUT2D eigenvalue weighted by molar-refractivity contribution is 6.20. The molecule has 2 aliphatic rings. The first-order chi connectivity index (χ1) is 10.6. The maximum Gasteiger partial charge on any atom is 0.339 e. The van der Waals surface area contributed by atoms with E-state index in [-0.39, 0.29) is 11.1 Å². The van der Waals surface area contributed by atoms with Gasteiger partial charge in [-0.25, -0.2) is 4.79 Å². The standard InChI is InChI=1S/C16H17NO5/c1-21-10-9-16(7-4-8-16)15(20)22-17-13(18)11-5-2-3-6-12(11)14(17)19/h2-3,5-6H,4,7-10H2,1H3. The van der Waals surface area contributed by atoms with Crippen LogP contribution in [0.15, 0.2) is 24.3 Å². The fraction of sp³-hybridized carbons (Fsp3) is 0.438. The zero-order chi connectivity index (χ0) is 15.7. The molecule has 0 saturated heterocycles. The SMILES string of the molecule is COCCC1(C(=O)ON2C(=O)c3ccccc3C2=O)CCC1. The lowest BCUT2D eigenvalue weighted by molar-refractivity contribution is -0.188. The molecule has 22 heavy (non-hydrogen) atoms. The number of hydrogen-bond acceptors (Lipinski definition) is 5. The smallest absolute Gasteiger partial charge is 0.339 e. The lowest BCUT2D eigenvalue weighted by atomic mass is 9.67. The topological polar surface area (TPSA) is 72.9 Å². The van der Waals surface area contributed by atoms with Gasteiger partial charge >= 0.3 is 5.97 Å². The molecular formula is C16H17NO5. The number of fused-ring (bicyclic) bond motifs is 1. The summed E-state index contributed by atoms with van der Waals surface area (Å²) in [6.07, 6.45) is 2.85. The number of carbonyl (C=O) groups is 3. The molecule has 1 aliphatic carbocycles. The van der Waals surface area contributed by atoms with Crippen LogP contribution in [0, 0.1) is 5.41 Å². The van der Waals surface area contributed by atoms with Gasteiger partial charge in [0.2, 0.25) is 0 Å². The van der Waals surface area contributed by atoms with Gasteiger partial charge in [-0.05, 0) is 31.4 Å². The number of hydroxylamine groups is 2. The van der Waals surface area contributed by atoms with Crippen molar-refractivity contribution in [3.8, 4) is 0 Å². The second-order valence-electron chi connectivity index (χ2n) is 5.71. The lowest BCUT2D eigenvalue weighted by Crippen LogP contribution is -2.45. The fourth-order valence-corrected chi connectivity index (χ4v) is 2.89. The molecule has 1 aliphatic heterocycles. The van der Waals surface area contributed by atoms with Crippen LogP contribution in [-0.4, -0.2) is 36.6 Å². The van der Waals surface area contributed by atoms with Crippen molar-refractivity contribution < 1.29 is 24.0 Å². The minimum absolute atomic E-state index is 0.264. The van der Waals surface area contributed by atoms with Crippen LogP contribution in [0.1, 0.15) is 46.4 Å². The van der Waals surface area contributed by atoms with E-state index in [2.05, 4.69) is 0 Å². The maximum atomic E-state index is 12.4. The Morgan fingerprint density at radius 2 is 1.77 bits per heavy atom. The molecule has 0 unspecified atom stereocenters. The van der Waals surface area contributed by atoms with Crippen LogP contribution in [0.5, 0.6) is 0 Å². The van der Waals surface area contributed by atoms with Crippen molar-refractivity contribution in [2.45, 2.75) is 25.7 Å². The number of carbonyl (C=O) groups excluding carboxylic acids is 3. The van der Waals surface area contributed by atoms with Crippen LogP contribution in [-0.2, 0) is 14.4 Å². The normalized spacial score (nSPS) is 18.9. The summed E-state index contributed by atoms with van der Waals surface area (Å²) in [7, 11) is 1.57. The highest BCUT2D eigenvalue weighted by atomic mass is 16.7. The molecule has 1 saturated carbocycles. The van der Waals surface area contributed by atoms with Crippen molar-refractivity contribution in [1.82, 2.24) is 5.06 Å². The zero-order valence-electron chi connectivity index (χ0n) is 12.3. The van der Waals surface area contributed by atoms with E-state index in [0.29, 0.717) is 30.9 Å². The van der Waals surface area contributed by atoms with Crippen molar-refractivity contribution in [2.75, 3.05) is 13.7 Å². The Morgan fingerprint density at radius 1 is 1.18 bits per heavy atom. The summed E-state index contributed by atoms with van der Waals surface area (Å²) in [5.41, 5.74) is -0.106. The van der Waals surface area contributed by atoms with E-state index in [4.69, 9.17) is 9.57 Å². The second kappa shape index (κ2) is 5.53. The Kier molecular flexibility index (Phi) is 3.70. The van der Waals surface area contributed by atoms with E-state index in [1.165, 1.54) is 0 Å². The summed E-state index contributed by atoms with van der Waals surface area (Å²) >= 11 is 0. The van der Waals surface area contributed by atoms with Crippen molar-refractivity contribution in [3.05, 3.63) is 35.4 Å². The van der Waals surface area contributed by atoms with E-state index in [0.717, 1.165) is 6.42 Å². The van der Waals surface area contributed by atoms with Crippen molar-refractivity contribution in [2.24, 2.45) is 5.41 Å². The van der Waals surface area contributed by atoms with Crippen LogP contribution in [0.25, 0.3) is 0 Å². The van der Waals surface area contributed by atoms with Crippen molar-refractivity contribution in [3.63, 3.8) is 0 Å². The van der Waals surface area contributed by atoms with Gasteiger partial charge in [0.1, 0.15) is 0 Å². The molecule has 1 aromatic rings. The highest BCUT2D eigenvalue weighted by Gasteiger charge is 2.48. The first-order valence-corrected chi connectivity index (χ1v) is 7.28. The molecule has 0 radical (unpaired) electrons. The number of nitrogens with zero attached hydrogens (tertiary/aromatic N) is 1. The van der Waals surface area contributed by atoms with Crippen LogP contribution in [0.2, 0.25) is 0 Å². The monoisotopic (exact) mass is 303 g/mol. The van der Waals surface area contributed by atoms with Crippen LogP contribution in [0.3, 0.4) is 0 Å². The van der Waals surface area contributed by atoms with Gasteiger partial charge in [-0.2, -0.15) is 0 Å². The Morgan fingerprint density at radius 3 is 2.23 bits per heavy atom. The molecule has 1 fully saturated rings. The summed E-state index contributed by atoms with van der Waals surface area (Å²) in [6, 6.07) is 6.43. The quantitative estimate of drug-likeness (QED) is 0.777. The number of hydrogen-bond donors (Lipinski definition) is 0. The molecule has 116 valence electrons. The number of rotatable bonds is 5. The molecular weight excluding hydrogens is 286 g/mol. The number of ether oxygens (including phenoxy) is 1. The number of imide groups is 1. The van der Waals surface area contributed by atoms with Crippen LogP contribution in [0.4, 0.5) is 0 Å². The van der Waals surface area contributed by atoms with Gasteiger partial charge in [0.05, 0.1) is 16.5 Å². The minimum Gasteiger partial charge on any atom is -0.385 e. The molecule has 0 atom stereocenters.